The molecular weight excluding hydrogens is 260 g/mol. The number of H-pyrrole nitrogens is 1. The Labute approximate surface area is 114 Å². The molecule has 1 N–H and O–H groups in total. The Balaban J connectivity index is 1.85. The molecule has 0 radical (unpaired) electrons. The van der Waals surface area contributed by atoms with E-state index in [1.165, 1.54) is 4.88 Å². The second kappa shape index (κ2) is 4.62. The van der Waals surface area contributed by atoms with Crippen LogP contribution in [0.3, 0.4) is 0 Å². The van der Waals surface area contributed by atoms with Gasteiger partial charge in [0.25, 0.3) is 5.56 Å². The first-order valence-corrected chi connectivity index (χ1v) is 6.92. The fraction of sp³-hybridized carbons (Fsp3) is 0.308. The highest BCUT2D eigenvalue weighted by Gasteiger charge is 2.07. The van der Waals surface area contributed by atoms with E-state index >= 15 is 0 Å². The van der Waals surface area contributed by atoms with Gasteiger partial charge in [-0.3, -0.25) is 9.36 Å². The predicted molar refractivity (Wildman–Crippen MR) is 75.6 cm³/mol. The molecule has 0 bridgehead atoms. The van der Waals surface area contributed by atoms with E-state index in [4.69, 9.17) is 0 Å². The smallest absolute Gasteiger partial charge is 0.277 e. The summed E-state index contributed by atoms with van der Waals surface area (Å²) in [6.07, 6.45) is 4.09. The van der Waals surface area contributed by atoms with Crippen LogP contribution in [-0.2, 0) is 13.0 Å². The lowest BCUT2D eigenvalue weighted by Crippen LogP contribution is -2.21. The van der Waals surface area contributed by atoms with Gasteiger partial charge in [0.15, 0.2) is 0 Å². The molecule has 0 saturated carbocycles. The van der Waals surface area contributed by atoms with Crippen molar-refractivity contribution in [2.45, 2.75) is 26.8 Å². The summed E-state index contributed by atoms with van der Waals surface area (Å²) in [5, 5.41) is 1.06. The minimum Gasteiger partial charge on any atom is -0.355 e. The van der Waals surface area contributed by atoms with Crippen LogP contribution in [0, 0.1) is 13.8 Å². The number of aromatic nitrogens is 4. The Bertz CT molecular complexity index is 764. The maximum Gasteiger partial charge on any atom is 0.277 e. The van der Waals surface area contributed by atoms with Gasteiger partial charge in [-0.25, -0.2) is 9.97 Å². The SMILES string of the molecule is Cc1nc(CCn2cnc3cc[nH]c3c2=O)sc1C. The lowest BCUT2D eigenvalue weighted by atomic mass is 10.4. The highest BCUT2D eigenvalue weighted by molar-refractivity contribution is 7.11. The Morgan fingerprint density at radius 1 is 1.42 bits per heavy atom. The second-order valence-electron chi connectivity index (χ2n) is 4.48. The predicted octanol–water partition coefficient (Wildman–Crippen LogP) is 2.04. The summed E-state index contributed by atoms with van der Waals surface area (Å²) < 4.78 is 1.63. The first-order chi connectivity index (χ1) is 9.15. The Morgan fingerprint density at radius 2 is 2.26 bits per heavy atom. The highest BCUT2D eigenvalue weighted by atomic mass is 32.1. The third-order valence-electron chi connectivity index (χ3n) is 3.18. The third kappa shape index (κ3) is 2.19. The number of fused-ring (bicyclic) bond motifs is 1. The van der Waals surface area contributed by atoms with E-state index in [1.807, 2.05) is 6.92 Å². The van der Waals surface area contributed by atoms with Crippen LogP contribution in [0.1, 0.15) is 15.6 Å². The molecular formula is C13H14N4OS. The summed E-state index contributed by atoms with van der Waals surface area (Å²) >= 11 is 1.69. The van der Waals surface area contributed by atoms with Gasteiger partial charge in [-0.15, -0.1) is 11.3 Å². The molecule has 0 aromatic carbocycles. The molecule has 19 heavy (non-hydrogen) atoms. The van der Waals surface area contributed by atoms with E-state index in [9.17, 15) is 4.79 Å². The summed E-state index contributed by atoms with van der Waals surface area (Å²) in [6.45, 7) is 4.68. The second-order valence-corrected chi connectivity index (χ2v) is 5.77. The van der Waals surface area contributed by atoms with Crippen molar-refractivity contribution >= 4 is 22.4 Å². The van der Waals surface area contributed by atoms with E-state index < -0.39 is 0 Å². The number of hydrogen-bond donors (Lipinski definition) is 1. The topological polar surface area (TPSA) is 63.6 Å². The molecule has 5 nitrogen and oxygen atoms in total. The van der Waals surface area contributed by atoms with Crippen LogP contribution in [0.4, 0.5) is 0 Å². The van der Waals surface area contributed by atoms with Gasteiger partial charge in [-0.05, 0) is 19.9 Å². The van der Waals surface area contributed by atoms with Crippen molar-refractivity contribution in [3.63, 3.8) is 0 Å². The number of hydrogen-bond acceptors (Lipinski definition) is 4. The zero-order valence-electron chi connectivity index (χ0n) is 10.8. The van der Waals surface area contributed by atoms with Crippen molar-refractivity contribution in [1.29, 1.82) is 0 Å². The molecule has 0 unspecified atom stereocenters. The molecule has 0 fully saturated rings. The molecule has 0 aliphatic carbocycles. The normalized spacial score (nSPS) is 11.3. The van der Waals surface area contributed by atoms with Gasteiger partial charge in [0, 0.05) is 24.0 Å². The minimum atomic E-state index is -0.0278. The molecule has 0 spiro atoms. The first kappa shape index (κ1) is 12.1. The van der Waals surface area contributed by atoms with E-state index in [1.54, 1.807) is 34.5 Å². The zero-order valence-corrected chi connectivity index (χ0v) is 11.6. The van der Waals surface area contributed by atoms with Crippen molar-refractivity contribution in [3.8, 4) is 0 Å². The maximum absolute atomic E-state index is 12.2. The van der Waals surface area contributed by atoms with Crippen LogP contribution < -0.4 is 5.56 Å². The molecule has 0 aliphatic heterocycles. The van der Waals surface area contributed by atoms with Crippen LogP contribution in [0.2, 0.25) is 0 Å². The summed E-state index contributed by atoms with van der Waals surface area (Å²) in [6, 6.07) is 1.80. The summed E-state index contributed by atoms with van der Waals surface area (Å²) in [5.74, 6) is 0. The van der Waals surface area contributed by atoms with Crippen molar-refractivity contribution in [2.24, 2.45) is 0 Å². The molecule has 98 valence electrons. The van der Waals surface area contributed by atoms with Gasteiger partial charge in [0.1, 0.15) is 5.52 Å². The number of aromatic amines is 1. The lowest BCUT2D eigenvalue weighted by Gasteiger charge is -2.03. The van der Waals surface area contributed by atoms with E-state index in [0.29, 0.717) is 17.6 Å². The third-order valence-corrected chi connectivity index (χ3v) is 4.31. The van der Waals surface area contributed by atoms with E-state index in [-0.39, 0.29) is 5.56 Å². The first-order valence-electron chi connectivity index (χ1n) is 6.10. The molecule has 6 heteroatoms. The molecule has 0 atom stereocenters. The lowest BCUT2D eigenvalue weighted by molar-refractivity contribution is 0.659. The molecule has 3 rings (SSSR count). The number of thiazole rings is 1. The molecule has 0 aliphatic rings. The standard InChI is InChI=1S/C13H14N4OS/c1-8-9(2)19-11(16-8)4-6-17-7-15-10-3-5-14-12(10)13(17)18/h3,5,7,14H,4,6H2,1-2H3. The molecule has 3 heterocycles. The fourth-order valence-electron chi connectivity index (χ4n) is 1.99. The van der Waals surface area contributed by atoms with Crippen LogP contribution >= 0.6 is 11.3 Å². The number of nitrogens with zero attached hydrogens (tertiary/aromatic N) is 3. The van der Waals surface area contributed by atoms with Crippen molar-refractivity contribution in [2.75, 3.05) is 0 Å². The van der Waals surface area contributed by atoms with Crippen molar-refractivity contribution < 1.29 is 0 Å². The summed E-state index contributed by atoms with van der Waals surface area (Å²) in [5.41, 5.74) is 2.32. The van der Waals surface area contributed by atoms with Crippen LogP contribution in [0.25, 0.3) is 11.0 Å². The Kier molecular flexibility index (Phi) is 2.94. The number of rotatable bonds is 3. The molecule has 0 saturated heterocycles. The summed E-state index contributed by atoms with van der Waals surface area (Å²) in [7, 11) is 0. The van der Waals surface area contributed by atoms with Crippen LogP contribution in [-0.4, -0.2) is 19.5 Å². The van der Waals surface area contributed by atoms with Crippen LogP contribution in [0.5, 0.6) is 0 Å². The zero-order chi connectivity index (χ0) is 13.4. The Hall–Kier alpha value is -1.95. The molecule has 3 aromatic rings. The highest BCUT2D eigenvalue weighted by Crippen LogP contribution is 2.17. The van der Waals surface area contributed by atoms with Gasteiger partial charge in [0.2, 0.25) is 0 Å². The molecule has 0 amide bonds. The van der Waals surface area contributed by atoms with Crippen molar-refractivity contribution in [1.82, 2.24) is 19.5 Å². The largest absolute Gasteiger partial charge is 0.355 e. The number of nitrogens with one attached hydrogen (secondary N) is 1. The van der Waals surface area contributed by atoms with Crippen molar-refractivity contribution in [3.05, 3.63) is 44.5 Å². The van der Waals surface area contributed by atoms with Crippen LogP contribution in [0.15, 0.2) is 23.4 Å². The Morgan fingerprint density at radius 3 is 3.00 bits per heavy atom. The van der Waals surface area contributed by atoms with Gasteiger partial charge >= 0.3 is 0 Å². The van der Waals surface area contributed by atoms with Gasteiger partial charge < -0.3 is 4.98 Å². The van der Waals surface area contributed by atoms with Gasteiger partial charge in [-0.2, -0.15) is 0 Å². The maximum atomic E-state index is 12.2. The molecule has 3 aromatic heterocycles. The minimum absolute atomic E-state index is 0.0278. The monoisotopic (exact) mass is 274 g/mol. The van der Waals surface area contributed by atoms with Gasteiger partial charge in [0.05, 0.1) is 22.5 Å². The number of aryl methyl sites for hydroxylation is 4. The van der Waals surface area contributed by atoms with E-state index in [2.05, 4.69) is 21.9 Å². The average Bonchev–Trinajstić information content (AvgIpc) is 2.97. The summed E-state index contributed by atoms with van der Waals surface area (Å²) in [4.78, 5) is 25.1. The average molecular weight is 274 g/mol. The van der Waals surface area contributed by atoms with Gasteiger partial charge in [-0.1, -0.05) is 0 Å². The quantitative estimate of drug-likeness (QED) is 0.795. The van der Waals surface area contributed by atoms with E-state index in [0.717, 1.165) is 17.1 Å². The fourth-order valence-corrected chi connectivity index (χ4v) is 2.91.